The summed E-state index contributed by atoms with van der Waals surface area (Å²) in [6.07, 6.45) is 1.83. The fourth-order valence-corrected chi connectivity index (χ4v) is 7.49. The average molecular weight is 336 g/mol. The molecule has 4 heteroatoms. The minimum Gasteiger partial charge on any atom is -0.361 e. The number of fused-ring (bicyclic) bond motifs is 5. The number of ketones is 3. The van der Waals surface area contributed by atoms with Crippen LogP contribution in [-0.4, -0.2) is 29.1 Å². The lowest BCUT2D eigenvalue weighted by Crippen LogP contribution is -2.62. The van der Waals surface area contributed by atoms with E-state index in [1.165, 1.54) is 0 Å². The Bertz CT molecular complexity index is 899. The van der Waals surface area contributed by atoms with Crippen molar-refractivity contribution in [2.24, 2.45) is 28.6 Å². The van der Waals surface area contributed by atoms with Gasteiger partial charge in [0.05, 0.1) is 22.9 Å². The van der Waals surface area contributed by atoms with Crippen molar-refractivity contribution in [2.45, 2.75) is 44.8 Å². The molecule has 4 nitrogen and oxygen atoms in total. The first-order chi connectivity index (χ1) is 11.9. The predicted molar refractivity (Wildman–Crippen MR) is 88.2 cm³/mol. The van der Waals surface area contributed by atoms with Gasteiger partial charge < -0.3 is 4.74 Å². The average Bonchev–Trinajstić information content (AvgIpc) is 3.22. The molecule has 2 spiro atoms. The molecule has 5 aliphatic rings. The number of ether oxygens (including phenoxy) is 1. The molecule has 1 aromatic carbocycles. The fourth-order valence-electron chi connectivity index (χ4n) is 7.49. The van der Waals surface area contributed by atoms with E-state index in [1.54, 1.807) is 18.2 Å². The molecule has 0 N–H and O–H groups in total. The molecule has 0 aromatic heterocycles. The van der Waals surface area contributed by atoms with E-state index in [4.69, 9.17) is 4.74 Å². The Labute approximate surface area is 145 Å². The summed E-state index contributed by atoms with van der Waals surface area (Å²) in [6, 6.07) is 7.05. The molecule has 4 bridgehead atoms. The van der Waals surface area contributed by atoms with Crippen molar-refractivity contribution in [2.75, 3.05) is 0 Å². The Hall–Kier alpha value is -1.81. The van der Waals surface area contributed by atoms with Crippen molar-refractivity contribution in [1.82, 2.24) is 0 Å². The summed E-state index contributed by atoms with van der Waals surface area (Å²) < 4.78 is 6.38. The molecule has 2 heterocycles. The first-order valence-corrected chi connectivity index (χ1v) is 9.26. The zero-order valence-corrected chi connectivity index (χ0v) is 14.4. The van der Waals surface area contributed by atoms with Crippen LogP contribution in [0.2, 0.25) is 0 Å². The quantitative estimate of drug-likeness (QED) is 0.731. The van der Waals surface area contributed by atoms with Crippen molar-refractivity contribution in [3.8, 4) is 0 Å². The lowest BCUT2D eigenvalue weighted by Gasteiger charge is -2.49. The summed E-state index contributed by atoms with van der Waals surface area (Å²) in [5.74, 6) is -0.683. The summed E-state index contributed by atoms with van der Waals surface area (Å²) in [6.45, 7) is 4.33. The van der Waals surface area contributed by atoms with Gasteiger partial charge in [0, 0.05) is 11.1 Å². The van der Waals surface area contributed by atoms with E-state index in [1.807, 2.05) is 6.07 Å². The molecular weight excluding hydrogens is 316 g/mol. The number of benzene rings is 1. The molecule has 0 radical (unpaired) electrons. The largest absolute Gasteiger partial charge is 0.361 e. The first kappa shape index (κ1) is 14.4. The molecule has 128 valence electrons. The topological polar surface area (TPSA) is 60.4 Å². The molecule has 25 heavy (non-hydrogen) atoms. The standard InChI is InChI=1S/C21H20O4/c1-19(2)10-7-8-20(19)18(24)17-13-14(21(20,9-10)25-17)16(23)12-6-4-3-5-11(12)15(13)22/h3-6,10,13-14,17H,7-9H2,1-2H3. The molecule has 2 saturated carbocycles. The van der Waals surface area contributed by atoms with E-state index < -0.39 is 29.0 Å². The Balaban J connectivity index is 1.62. The maximum absolute atomic E-state index is 13.5. The molecule has 1 aromatic rings. The highest BCUT2D eigenvalue weighted by atomic mass is 16.5. The third-order valence-electron chi connectivity index (χ3n) is 8.51. The van der Waals surface area contributed by atoms with Crippen molar-refractivity contribution in [1.29, 1.82) is 0 Å². The second-order valence-corrected chi connectivity index (χ2v) is 9.14. The van der Waals surface area contributed by atoms with E-state index in [-0.39, 0.29) is 22.8 Å². The van der Waals surface area contributed by atoms with Gasteiger partial charge in [-0.2, -0.15) is 0 Å². The van der Waals surface area contributed by atoms with Crippen LogP contribution < -0.4 is 0 Å². The number of hydrogen-bond acceptors (Lipinski definition) is 4. The normalized spacial score (nSPS) is 47.8. The van der Waals surface area contributed by atoms with Crippen LogP contribution in [0, 0.1) is 28.6 Å². The highest BCUT2D eigenvalue weighted by Crippen LogP contribution is 2.80. The van der Waals surface area contributed by atoms with Gasteiger partial charge in [0.15, 0.2) is 17.3 Å². The van der Waals surface area contributed by atoms with Crippen LogP contribution in [0.15, 0.2) is 24.3 Å². The summed E-state index contributed by atoms with van der Waals surface area (Å²) in [5.41, 5.74) is -0.525. The molecule has 6 atom stereocenters. The second kappa shape index (κ2) is 3.80. The Morgan fingerprint density at radius 1 is 1.04 bits per heavy atom. The number of carbonyl (C=O) groups excluding carboxylic acids is 3. The molecule has 6 rings (SSSR count). The SMILES string of the molecule is CC1(C)C2CCC13C(=O)C1OC3(C2)C2C(=O)c3ccccc3C(=O)C12. The molecule has 2 aliphatic heterocycles. The molecule has 6 unspecified atom stereocenters. The molecular formula is C21H20O4. The molecule has 4 fully saturated rings. The lowest BCUT2D eigenvalue weighted by atomic mass is 9.49. The second-order valence-electron chi connectivity index (χ2n) is 9.14. The third kappa shape index (κ3) is 1.14. The minimum atomic E-state index is -0.758. The van der Waals surface area contributed by atoms with Gasteiger partial charge in [-0.15, -0.1) is 0 Å². The van der Waals surface area contributed by atoms with Gasteiger partial charge in [0.1, 0.15) is 6.10 Å². The fraction of sp³-hybridized carbons (Fsp3) is 0.571. The number of carbonyl (C=O) groups is 3. The molecule has 0 amide bonds. The summed E-state index contributed by atoms with van der Waals surface area (Å²) in [7, 11) is 0. The smallest absolute Gasteiger partial charge is 0.171 e. The zero-order chi connectivity index (χ0) is 17.4. The van der Waals surface area contributed by atoms with E-state index in [0.29, 0.717) is 17.0 Å². The van der Waals surface area contributed by atoms with Crippen LogP contribution >= 0.6 is 0 Å². The first-order valence-electron chi connectivity index (χ1n) is 9.26. The van der Waals surface area contributed by atoms with Crippen molar-refractivity contribution >= 4 is 17.3 Å². The zero-order valence-electron chi connectivity index (χ0n) is 14.4. The minimum absolute atomic E-state index is 0.0120. The lowest BCUT2D eigenvalue weighted by molar-refractivity contribution is -0.138. The van der Waals surface area contributed by atoms with Gasteiger partial charge in [0.2, 0.25) is 0 Å². The Morgan fingerprint density at radius 3 is 2.40 bits per heavy atom. The number of Topliss-reactive ketones (excluding diaryl/α,β-unsaturated/α-hetero) is 3. The van der Waals surface area contributed by atoms with E-state index in [0.717, 1.165) is 19.3 Å². The summed E-state index contributed by atoms with van der Waals surface area (Å²) in [5, 5.41) is 0. The molecule has 2 saturated heterocycles. The predicted octanol–water partition coefficient (Wildman–Crippen LogP) is 2.84. The van der Waals surface area contributed by atoms with Gasteiger partial charge in [0.25, 0.3) is 0 Å². The van der Waals surface area contributed by atoms with Gasteiger partial charge in [-0.3, -0.25) is 14.4 Å². The highest BCUT2D eigenvalue weighted by Gasteiger charge is 2.87. The Morgan fingerprint density at radius 2 is 1.72 bits per heavy atom. The van der Waals surface area contributed by atoms with Crippen molar-refractivity contribution in [3.63, 3.8) is 0 Å². The van der Waals surface area contributed by atoms with E-state index in [2.05, 4.69) is 13.8 Å². The van der Waals surface area contributed by atoms with Crippen molar-refractivity contribution in [3.05, 3.63) is 35.4 Å². The van der Waals surface area contributed by atoms with Crippen LogP contribution in [0.4, 0.5) is 0 Å². The van der Waals surface area contributed by atoms with Crippen LogP contribution in [0.3, 0.4) is 0 Å². The summed E-state index contributed by atoms with van der Waals surface area (Å²) in [4.78, 5) is 40.0. The van der Waals surface area contributed by atoms with Crippen LogP contribution in [-0.2, 0) is 9.53 Å². The van der Waals surface area contributed by atoms with Gasteiger partial charge in [-0.25, -0.2) is 0 Å². The van der Waals surface area contributed by atoms with Gasteiger partial charge in [-0.05, 0) is 30.6 Å². The highest BCUT2D eigenvalue weighted by molar-refractivity contribution is 6.20. The van der Waals surface area contributed by atoms with Crippen LogP contribution in [0.1, 0.15) is 53.8 Å². The summed E-state index contributed by atoms with van der Waals surface area (Å²) >= 11 is 0. The maximum Gasteiger partial charge on any atom is 0.171 e. The van der Waals surface area contributed by atoms with E-state index >= 15 is 0 Å². The van der Waals surface area contributed by atoms with Crippen LogP contribution in [0.25, 0.3) is 0 Å². The van der Waals surface area contributed by atoms with Crippen molar-refractivity contribution < 1.29 is 19.1 Å². The van der Waals surface area contributed by atoms with Gasteiger partial charge >= 0.3 is 0 Å². The van der Waals surface area contributed by atoms with Gasteiger partial charge in [-0.1, -0.05) is 38.1 Å². The number of hydrogen-bond donors (Lipinski definition) is 0. The maximum atomic E-state index is 13.5. The monoisotopic (exact) mass is 336 g/mol. The number of rotatable bonds is 0. The third-order valence-corrected chi connectivity index (χ3v) is 8.51. The Kier molecular flexibility index (Phi) is 2.19. The molecule has 3 aliphatic carbocycles. The van der Waals surface area contributed by atoms with E-state index in [9.17, 15) is 14.4 Å². The van der Waals surface area contributed by atoms with Crippen LogP contribution in [0.5, 0.6) is 0 Å².